The average molecular weight is 639 g/mol. The molecule has 3 heterocycles. The molecule has 43 heavy (non-hydrogen) atoms. The predicted molar refractivity (Wildman–Crippen MR) is 148 cm³/mol. The van der Waals surface area contributed by atoms with Gasteiger partial charge in [0.2, 0.25) is 5.60 Å². The van der Waals surface area contributed by atoms with E-state index in [2.05, 4.69) is 15.5 Å². The van der Waals surface area contributed by atoms with Crippen molar-refractivity contribution >= 4 is 63.5 Å². The molecule has 2 amide bonds. The second-order valence-corrected chi connectivity index (χ2v) is 11.6. The number of Topliss-reactive ketones (excluding diaryl/α,β-unsaturated/α-hetero) is 1. The Bertz CT molecular complexity index is 1620. The van der Waals surface area contributed by atoms with Gasteiger partial charge in [0.15, 0.2) is 28.1 Å². The monoisotopic (exact) mass is 638 g/mol. The van der Waals surface area contributed by atoms with E-state index in [1.807, 2.05) is 0 Å². The minimum atomic E-state index is -1.84. The van der Waals surface area contributed by atoms with Gasteiger partial charge in [0.1, 0.15) is 28.6 Å². The van der Waals surface area contributed by atoms with E-state index in [0.29, 0.717) is 12.1 Å². The van der Waals surface area contributed by atoms with Crippen LogP contribution >= 0.6 is 23.1 Å². The number of halogens is 1. The lowest BCUT2D eigenvalue weighted by Gasteiger charge is -2.49. The van der Waals surface area contributed by atoms with Crippen molar-refractivity contribution in [2.45, 2.75) is 36.9 Å². The number of thiazole rings is 1. The smallest absolute Gasteiger partial charge is 0.352 e. The molecule has 2 unspecified atom stereocenters. The molecule has 1 aromatic heterocycles. The van der Waals surface area contributed by atoms with Crippen molar-refractivity contribution in [3.8, 4) is 11.5 Å². The molecule has 228 valence electrons. The maximum absolute atomic E-state index is 13.8. The van der Waals surface area contributed by atoms with E-state index in [-0.39, 0.29) is 22.2 Å². The Kier molecular flexibility index (Phi) is 8.34. The summed E-state index contributed by atoms with van der Waals surface area (Å²) in [6, 6.07) is -1.87. The van der Waals surface area contributed by atoms with Crippen LogP contribution in [0.25, 0.3) is 0 Å². The van der Waals surface area contributed by atoms with Gasteiger partial charge in [-0.15, -0.1) is 23.1 Å². The normalized spacial score (nSPS) is 19.3. The van der Waals surface area contributed by atoms with Crippen LogP contribution in [0.3, 0.4) is 0 Å². The number of nitrogens with zero attached hydrogens (tertiary/aromatic N) is 3. The van der Waals surface area contributed by atoms with Crippen LogP contribution in [-0.4, -0.2) is 94.4 Å². The minimum absolute atomic E-state index is 0.0538. The van der Waals surface area contributed by atoms with E-state index in [0.717, 1.165) is 28.0 Å². The molecule has 4 rings (SSSR count). The second-order valence-electron chi connectivity index (χ2n) is 9.62. The molecular formula is C24H23FN6O10S2. The van der Waals surface area contributed by atoms with Crippen LogP contribution < -0.4 is 16.8 Å². The lowest BCUT2D eigenvalue weighted by molar-refractivity contribution is -0.161. The standard InChI is InChI=1S/C24H23FN6O10S2/c1-24(2,22(39)40)41-30-13(10-6-43-23(27)28-10)18(35)29-14-19(36)31-15(21(37)38)9(5-42-20(14)31)12(26)17(34)8-3-7(25)4-11(32)16(8)33/h3-4,6,12,14,20,32-33H,5,26H2,1-2H3,(H2,27,28)(H,29,35)(H,37,38)(H,39,40)/b30-13-/t12?,14?,20-/m1/s1. The molecule has 1 aromatic carbocycles. The van der Waals surface area contributed by atoms with E-state index in [1.54, 1.807) is 0 Å². The Morgan fingerprint density at radius 2 is 1.93 bits per heavy atom. The number of nitrogens with two attached hydrogens (primary N) is 2. The highest BCUT2D eigenvalue weighted by Crippen LogP contribution is 2.42. The highest BCUT2D eigenvalue weighted by atomic mass is 32.2. The molecule has 1 saturated heterocycles. The van der Waals surface area contributed by atoms with Gasteiger partial charge in [-0.3, -0.25) is 19.3 Å². The summed E-state index contributed by atoms with van der Waals surface area (Å²) in [6.45, 7) is 2.36. The molecule has 1 fully saturated rings. The van der Waals surface area contributed by atoms with Gasteiger partial charge in [0.05, 0.1) is 11.6 Å². The number of benzene rings is 1. The van der Waals surface area contributed by atoms with Crippen molar-refractivity contribution in [1.82, 2.24) is 15.2 Å². The first-order chi connectivity index (χ1) is 20.0. The summed E-state index contributed by atoms with van der Waals surface area (Å²) in [5.74, 6) is -9.22. The maximum Gasteiger partial charge on any atom is 0.352 e. The average Bonchev–Trinajstić information content (AvgIpc) is 3.37. The molecule has 2 aromatic rings. The van der Waals surface area contributed by atoms with E-state index in [4.69, 9.17) is 16.3 Å². The number of aromatic hydroxyl groups is 2. The van der Waals surface area contributed by atoms with E-state index in [1.165, 1.54) is 19.2 Å². The lowest BCUT2D eigenvalue weighted by atomic mass is 9.94. The maximum atomic E-state index is 13.8. The minimum Gasteiger partial charge on any atom is -0.504 e. The van der Waals surface area contributed by atoms with Crippen LogP contribution in [-0.2, 0) is 24.0 Å². The van der Waals surface area contributed by atoms with Gasteiger partial charge in [0.25, 0.3) is 11.8 Å². The third kappa shape index (κ3) is 5.81. The summed E-state index contributed by atoms with van der Waals surface area (Å²) in [4.78, 5) is 72.7. The van der Waals surface area contributed by atoms with Gasteiger partial charge in [-0.2, -0.15) is 0 Å². The first-order valence-corrected chi connectivity index (χ1v) is 13.9. The lowest BCUT2D eigenvalue weighted by Crippen LogP contribution is -2.71. The molecule has 16 nitrogen and oxygen atoms in total. The van der Waals surface area contributed by atoms with Gasteiger partial charge in [0, 0.05) is 17.2 Å². The SMILES string of the molecule is CC(C)(O/N=C(\C(=O)NC1C(=O)N2C(C(=O)O)=C(C(N)C(=O)c3cc(F)cc(O)c3O)CS[C@H]12)c1csc(N)n1)C(=O)O. The number of rotatable bonds is 10. The summed E-state index contributed by atoms with van der Waals surface area (Å²) in [7, 11) is 0. The molecular weight excluding hydrogens is 615 g/mol. The van der Waals surface area contributed by atoms with E-state index < -0.39 is 86.9 Å². The highest BCUT2D eigenvalue weighted by Gasteiger charge is 2.55. The number of phenolic OH excluding ortho intramolecular Hbond substituents is 2. The fourth-order valence-corrected chi connectivity index (χ4v) is 5.94. The fourth-order valence-electron chi connectivity index (χ4n) is 3.99. The van der Waals surface area contributed by atoms with Crippen LogP contribution in [0.4, 0.5) is 9.52 Å². The zero-order valence-electron chi connectivity index (χ0n) is 22.1. The van der Waals surface area contributed by atoms with Gasteiger partial charge in [-0.1, -0.05) is 5.16 Å². The van der Waals surface area contributed by atoms with Crippen LogP contribution in [0.2, 0.25) is 0 Å². The van der Waals surface area contributed by atoms with Crippen molar-refractivity contribution in [2.24, 2.45) is 10.9 Å². The number of oxime groups is 1. The molecule has 9 N–H and O–H groups in total. The van der Waals surface area contributed by atoms with Crippen molar-refractivity contribution in [3.63, 3.8) is 0 Å². The van der Waals surface area contributed by atoms with Gasteiger partial charge >= 0.3 is 11.9 Å². The number of nitrogens with one attached hydrogen (secondary N) is 1. The predicted octanol–water partition coefficient (Wildman–Crippen LogP) is -0.192. The summed E-state index contributed by atoms with van der Waals surface area (Å²) in [5.41, 5.74) is 7.65. The molecule has 2 aliphatic heterocycles. The molecule has 19 heteroatoms. The third-order valence-corrected chi connectivity index (χ3v) is 8.30. The zero-order valence-corrected chi connectivity index (χ0v) is 23.7. The van der Waals surface area contributed by atoms with Crippen LogP contribution in [0.15, 0.2) is 33.9 Å². The van der Waals surface area contributed by atoms with Gasteiger partial charge in [-0.05, 0) is 25.5 Å². The molecule has 2 aliphatic rings. The highest BCUT2D eigenvalue weighted by molar-refractivity contribution is 8.00. The number of β-lactam (4-membered cyclic amide) rings is 1. The van der Waals surface area contributed by atoms with Gasteiger partial charge < -0.3 is 42.0 Å². The van der Waals surface area contributed by atoms with Crippen molar-refractivity contribution in [3.05, 3.63) is 45.9 Å². The quantitative estimate of drug-likeness (QED) is 0.0584. The Balaban J connectivity index is 1.60. The number of hydrogen-bond acceptors (Lipinski definition) is 14. The summed E-state index contributed by atoms with van der Waals surface area (Å²) >= 11 is 1.90. The first-order valence-electron chi connectivity index (χ1n) is 12.0. The number of carboxylic acids is 2. The number of carboxylic acid groups (broad SMARTS) is 2. The molecule has 0 radical (unpaired) electrons. The number of thioether (sulfide) groups is 1. The van der Waals surface area contributed by atoms with E-state index in [9.17, 15) is 48.8 Å². The Hall–Kier alpha value is -4.75. The first kappa shape index (κ1) is 31.2. The number of aliphatic carboxylic acids is 2. The van der Waals surface area contributed by atoms with E-state index >= 15 is 0 Å². The number of amides is 2. The van der Waals surface area contributed by atoms with Crippen molar-refractivity contribution in [2.75, 3.05) is 11.5 Å². The Morgan fingerprint density at radius 3 is 2.51 bits per heavy atom. The summed E-state index contributed by atoms with van der Waals surface area (Å²) < 4.78 is 13.8. The second kappa shape index (κ2) is 11.5. The molecule has 0 saturated carbocycles. The van der Waals surface area contributed by atoms with Crippen molar-refractivity contribution in [1.29, 1.82) is 0 Å². The molecule has 3 atom stereocenters. The third-order valence-electron chi connectivity index (χ3n) is 6.32. The largest absolute Gasteiger partial charge is 0.504 e. The fraction of sp³-hybridized carbons (Fsp3) is 0.292. The van der Waals surface area contributed by atoms with Crippen LogP contribution in [0.5, 0.6) is 11.5 Å². The number of hydrogen-bond donors (Lipinski definition) is 7. The number of anilines is 1. The van der Waals surface area contributed by atoms with Crippen LogP contribution in [0.1, 0.15) is 29.9 Å². The number of carbonyl (C=O) groups is 5. The number of carbonyl (C=O) groups excluding carboxylic acids is 3. The Labute approximate surface area is 248 Å². The van der Waals surface area contributed by atoms with Crippen molar-refractivity contribution < 1.29 is 53.6 Å². The number of fused-ring (bicyclic) bond motifs is 1. The topological polar surface area (TPSA) is 268 Å². The molecule has 0 spiro atoms. The summed E-state index contributed by atoms with van der Waals surface area (Å²) in [6.07, 6.45) is 0. The van der Waals surface area contributed by atoms with Crippen LogP contribution in [0, 0.1) is 5.82 Å². The summed E-state index contributed by atoms with van der Waals surface area (Å²) in [5, 5.41) is 45.4. The number of ketones is 1. The molecule has 0 bridgehead atoms. The molecule has 0 aliphatic carbocycles. The Morgan fingerprint density at radius 1 is 1.26 bits per heavy atom. The van der Waals surface area contributed by atoms with Gasteiger partial charge in [-0.25, -0.2) is 19.0 Å². The number of phenols is 2. The zero-order chi connectivity index (χ0) is 32.0. The number of aromatic nitrogens is 1. The number of nitrogen functional groups attached to an aromatic ring is 1.